The maximum Gasteiger partial charge on any atom is 0.254 e. The molecular weight excluding hydrogens is 433 g/mol. The van der Waals surface area contributed by atoms with E-state index in [4.69, 9.17) is 0 Å². The number of hydrogen-bond acceptors (Lipinski definition) is 5. The molecule has 2 saturated heterocycles. The highest BCUT2D eigenvalue weighted by Gasteiger charge is 2.32. The van der Waals surface area contributed by atoms with Gasteiger partial charge in [-0.05, 0) is 50.3 Å². The van der Waals surface area contributed by atoms with Gasteiger partial charge in [0.05, 0.1) is 6.26 Å². The average molecular weight is 462 g/mol. The van der Waals surface area contributed by atoms with Gasteiger partial charge in [-0.3, -0.25) is 4.79 Å². The van der Waals surface area contributed by atoms with Gasteiger partial charge in [-0.1, -0.05) is 6.42 Å². The van der Waals surface area contributed by atoms with Crippen molar-refractivity contribution in [3.63, 3.8) is 0 Å². The molecule has 2 aliphatic heterocycles. The summed E-state index contributed by atoms with van der Waals surface area (Å²) in [4.78, 5) is 14.2. The number of hydrogen-bond donors (Lipinski definition) is 1. The second-order valence-corrected chi connectivity index (χ2v) is 11.6. The van der Waals surface area contributed by atoms with E-state index in [-0.39, 0.29) is 18.2 Å². The predicted molar refractivity (Wildman–Crippen MR) is 111 cm³/mol. The number of nitrogens with one attached hydrogen (secondary N) is 1. The second-order valence-electron chi connectivity index (χ2n) is 7.88. The van der Waals surface area contributed by atoms with Crippen LogP contribution in [-0.4, -0.2) is 70.4 Å². The number of halogens is 1. The largest absolute Gasteiger partial charge is 0.334 e. The maximum atomic E-state index is 14.4. The third-order valence-corrected chi connectivity index (χ3v) is 8.18. The molecule has 3 rings (SSSR count). The Bertz CT molecular complexity index is 991. The number of nitrogens with zero attached hydrogens (tertiary/aromatic N) is 2. The van der Waals surface area contributed by atoms with Crippen molar-refractivity contribution in [1.82, 2.24) is 13.9 Å². The minimum atomic E-state index is -4.03. The lowest BCUT2D eigenvalue weighted by Gasteiger charge is -2.36. The van der Waals surface area contributed by atoms with Crippen molar-refractivity contribution in [3.05, 3.63) is 29.6 Å². The molecule has 1 atom stereocenters. The normalized spacial score (nSPS) is 21.5. The molecule has 1 aromatic carbocycles. The van der Waals surface area contributed by atoms with Crippen molar-refractivity contribution in [2.24, 2.45) is 0 Å². The van der Waals surface area contributed by atoms with Crippen LogP contribution in [0.15, 0.2) is 23.1 Å². The van der Waals surface area contributed by atoms with E-state index < -0.39 is 36.7 Å². The SMILES string of the molecule is CS(=O)(=O)NCC1CCCCN1C(=O)c1ccc(F)c(S(=O)(=O)N2CCCCC2)c1. The Hall–Kier alpha value is -1.56. The van der Waals surface area contributed by atoms with Crippen LogP contribution < -0.4 is 4.72 Å². The van der Waals surface area contributed by atoms with Crippen molar-refractivity contribution < 1.29 is 26.0 Å². The molecule has 2 aliphatic rings. The van der Waals surface area contributed by atoms with Crippen LogP contribution >= 0.6 is 0 Å². The van der Waals surface area contributed by atoms with Crippen LogP contribution in [0, 0.1) is 5.82 Å². The third-order valence-electron chi connectivity index (χ3n) is 5.58. The molecule has 2 fully saturated rings. The number of rotatable bonds is 6. The Morgan fingerprint density at radius 1 is 1.07 bits per heavy atom. The fourth-order valence-corrected chi connectivity index (χ4v) is 6.07. The quantitative estimate of drug-likeness (QED) is 0.692. The fraction of sp³-hybridized carbons (Fsp3) is 0.632. The number of benzene rings is 1. The van der Waals surface area contributed by atoms with E-state index in [2.05, 4.69) is 4.72 Å². The molecule has 168 valence electrons. The predicted octanol–water partition coefficient (Wildman–Crippen LogP) is 1.54. The monoisotopic (exact) mass is 461 g/mol. The van der Waals surface area contributed by atoms with Crippen molar-refractivity contribution in [2.45, 2.75) is 49.5 Å². The molecule has 1 amide bonds. The molecule has 0 saturated carbocycles. The molecule has 1 aromatic rings. The molecule has 1 N–H and O–H groups in total. The summed E-state index contributed by atoms with van der Waals surface area (Å²) in [5.41, 5.74) is 0.0817. The van der Waals surface area contributed by atoms with Crippen LogP contribution in [0.2, 0.25) is 0 Å². The van der Waals surface area contributed by atoms with Gasteiger partial charge >= 0.3 is 0 Å². The number of carbonyl (C=O) groups is 1. The second kappa shape index (κ2) is 9.29. The van der Waals surface area contributed by atoms with E-state index >= 15 is 0 Å². The van der Waals surface area contributed by atoms with Gasteiger partial charge in [0.15, 0.2) is 0 Å². The first-order valence-electron chi connectivity index (χ1n) is 10.1. The van der Waals surface area contributed by atoms with Gasteiger partial charge in [-0.2, -0.15) is 4.31 Å². The Morgan fingerprint density at radius 3 is 2.40 bits per heavy atom. The first-order valence-corrected chi connectivity index (χ1v) is 13.5. The van der Waals surface area contributed by atoms with Crippen molar-refractivity contribution in [2.75, 3.05) is 32.4 Å². The molecule has 0 bridgehead atoms. The van der Waals surface area contributed by atoms with Crippen LogP contribution in [0.25, 0.3) is 0 Å². The number of sulfonamides is 2. The Balaban J connectivity index is 1.86. The molecule has 8 nitrogen and oxygen atoms in total. The number of likely N-dealkylation sites (tertiary alicyclic amines) is 1. The lowest BCUT2D eigenvalue weighted by molar-refractivity contribution is 0.0618. The lowest BCUT2D eigenvalue weighted by atomic mass is 10.0. The van der Waals surface area contributed by atoms with E-state index in [0.29, 0.717) is 26.1 Å². The van der Waals surface area contributed by atoms with Gasteiger partial charge in [0.1, 0.15) is 10.7 Å². The molecule has 30 heavy (non-hydrogen) atoms. The summed E-state index contributed by atoms with van der Waals surface area (Å²) >= 11 is 0. The summed E-state index contributed by atoms with van der Waals surface area (Å²) in [6.07, 6.45) is 5.70. The van der Waals surface area contributed by atoms with Crippen molar-refractivity contribution in [1.29, 1.82) is 0 Å². The van der Waals surface area contributed by atoms with E-state index in [1.54, 1.807) is 4.90 Å². The van der Waals surface area contributed by atoms with Gasteiger partial charge in [0.2, 0.25) is 20.0 Å². The maximum absolute atomic E-state index is 14.4. The molecule has 0 aliphatic carbocycles. The van der Waals surface area contributed by atoms with E-state index in [1.165, 1.54) is 10.4 Å². The average Bonchev–Trinajstić information content (AvgIpc) is 2.72. The van der Waals surface area contributed by atoms with Crippen LogP contribution in [0.5, 0.6) is 0 Å². The van der Waals surface area contributed by atoms with Crippen LogP contribution in [0.4, 0.5) is 4.39 Å². The molecular formula is C19H28FN3O5S2. The van der Waals surface area contributed by atoms with E-state index in [1.807, 2.05) is 0 Å². The van der Waals surface area contributed by atoms with Gasteiger partial charge in [0.25, 0.3) is 5.91 Å². The number of carbonyl (C=O) groups excluding carboxylic acids is 1. The van der Waals surface area contributed by atoms with Gasteiger partial charge in [-0.15, -0.1) is 0 Å². The summed E-state index contributed by atoms with van der Waals surface area (Å²) in [7, 11) is -7.43. The third kappa shape index (κ3) is 5.37. The summed E-state index contributed by atoms with van der Waals surface area (Å²) in [5, 5.41) is 0. The molecule has 11 heteroatoms. The molecule has 0 aromatic heterocycles. The summed E-state index contributed by atoms with van der Waals surface area (Å²) < 4.78 is 66.9. The topological polar surface area (TPSA) is 104 Å². The molecule has 0 radical (unpaired) electrons. The fourth-order valence-electron chi connectivity index (χ4n) is 3.97. The Morgan fingerprint density at radius 2 is 1.73 bits per heavy atom. The summed E-state index contributed by atoms with van der Waals surface area (Å²) in [6, 6.07) is 3.06. The summed E-state index contributed by atoms with van der Waals surface area (Å²) in [6.45, 7) is 1.20. The van der Waals surface area contributed by atoms with Gasteiger partial charge < -0.3 is 4.90 Å². The highest BCUT2D eigenvalue weighted by molar-refractivity contribution is 7.89. The first-order chi connectivity index (χ1) is 14.1. The molecule has 2 heterocycles. The smallest absolute Gasteiger partial charge is 0.254 e. The van der Waals surface area contributed by atoms with Crippen molar-refractivity contribution >= 4 is 26.0 Å². The molecule has 0 spiro atoms. The highest BCUT2D eigenvalue weighted by Crippen LogP contribution is 2.26. The molecule has 1 unspecified atom stereocenters. The standard InChI is InChI=1S/C19H28FN3O5S2/c1-29(25,26)21-14-16-7-3-6-12-23(16)19(24)15-8-9-17(20)18(13-15)30(27,28)22-10-4-2-5-11-22/h8-9,13,16,21H,2-7,10-12,14H2,1H3. The van der Waals surface area contributed by atoms with Crippen molar-refractivity contribution in [3.8, 4) is 0 Å². The minimum absolute atomic E-state index is 0.0817. The van der Waals surface area contributed by atoms with Crippen LogP contribution in [0.3, 0.4) is 0 Å². The van der Waals surface area contributed by atoms with E-state index in [0.717, 1.165) is 50.5 Å². The van der Waals surface area contributed by atoms with Gasteiger partial charge in [0, 0.05) is 37.8 Å². The van der Waals surface area contributed by atoms with Crippen LogP contribution in [-0.2, 0) is 20.0 Å². The zero-order valence-corrected chi connectivity index (χ0v) is 18.6. The highest BCUT2D eigenvalue weighted by atomic mass is 32.2. The number of amides is 1. The van der Waals surface area contributed by atoms with Crippen LogP contribution in [0.1, 0.15) is 48.9 Å². The number of piperidine rings is 2. The van der Waals surface area contributed by atoms with Gasteiger partial charge in [-0.25, -0.2) is 25.9 Å². The first kappa shape index (κ1) is 23.1. The Labute approximate surface area is 177 Å². The Kier molecular flexibility index (Phi) is 7.16. The lowest BCUT2D eigenvalue weighted by Crippen LogP contribution is -2.49. The zero-order chi connectivity index (χ0) is 21.9. The summed E-state index contributed by atoms with van der Waals surface area (Å²) in [5.74, 6) is -1.31. The zero-order valence-electron chi connectivity index (χ0n) is 17.0. The van der Waals surface area contributed by atoms with E-state index in [9.17, 15) is 26.0 Å². The minimum Gasteiger partial charge on any atom is -0.334 e.